The zero-order chi connectivity index (χ0) is 17.9. The molecule has 1 aliphatic rings. The number of aromatic amines is 1. The third-order valence-electron chi connectivity index (χ3n) is 4.86. The molecule has 26 heavy (non-hydrogen) atoms. The van der Waals surface area contributed by atoms with Gasteiger partial charge in [-0.15, -0.1) is 0 Å². The summed E-state index contributed by atoms with van der Waals surface area (Å²) >= 11 is 0. The van der Waals surface area contributed by atoms with Crippen LogP contribution in [0, 0.1) is 0 Å². The number of nitrogens with one attached hydrogen (secondary N) is 3. The quantitative estimate of drug-likeness (QED) is 0.627. The third-order valence-corrected chi connectivity index (χ3v) is 4.86. The number of rotatable bonds is 5. The van der Waals surface area contributed by atoms with E-state index in [4.69, 9.17) is 0 Å². The van der Waals surface area contributed by atoms with Gasteiger partial charge < -0.3 is 20.2 Å². The Balaban J connectivity index is 1.37. The summed E-state index contributed by atoms with van der Waals surface area (Å²) < 4.78 is 2.06. The molecule has 1 atom stereocenters. The predicted molar refractivity (Wildman–Crippen MR) is 98.8 cm³/mol. The molecule has 3 aromatic heterocycles. The summed E-state index contributed by atoms with van der Waals surface area (Å²) in [5.74, 6) is 0.955. The molecule has 8 heteroatoms. The maximum absolute atomic E-state index is 12.4. The van der Waals surface area contributed by atoms with Gasteiger partial charge in [0.15, 0.2) is 0 Å². The molecule has 0 radical (unpaired) electrons. The highest BCUT2D eigenvalue weighted by Gasteiger charge is 2.26. The molecule has 0 saturated carbocycles. The van der Waals surface area contributed by atoms with Gasteiger partial charge >= 0.3 is 0 Å². The number of piperazine rings is 1. The van der Waals surface area contributed by atoms with Crippen LogP contribution in [0.5, 0.6) is 0 Å². The van der Waals surface area contributed by atoms with E-state index in [9.17, 15) is 4.79 Å². The minimum Gasteiger partial charge on any atom is -0.350 e. The van der Waals surface area contributed by atoms with Crippen molar-refractivity contribution in [1.29, 1.82) is 0 Å². The number of aryl methyl sites for hydroxylation is 1. The SMILES string of the molecule is Cn1ccnc1C1CNCCN1CCNC(=O)c1cc2cnccc2[nH]1. The van der Waals surface area contributed by atoms with Crippen molar-refractivity contribution in [3.05, 3.63) is 48.4 Å². The number of carbonyl (C=O) groups excluding carboxylic acids is 1. The van der Waals surface area contributed by atoms with Crippen molar-refractivity contribution in [1.82, 2.24) is 35.1 Å². The van der Waals surface area contributed by atoms with Crippen LogP contribution in [-0.4, -0.2) is 63.0 Å². The number of carbonyl (C=O) groups is 1. The molecule has 3 aromatic rings. The number of H-pyrrole nitrogens is 1. The zero-order valence-corrected chi connectivity index (χ0v) is 14.8. The molecule has 8 nitrogen and oxygen atoms in total. The van der Waals surface area contributed by atoms with Gasteiger partial charge in [0, 0.05) is 75.5 Å². The molecule has 0 aromatic carbocycles. The number of hydrogen-bond donors (Lipinski definition) is 3. The zero-order valence-electron chi connectivity index (χ0n) is 14.8. The largest absolute Gasteiger partial charge is 0.350 e. The lowest BCUT2D eigenvalue weighted by molar-refractivity contribution is 0.0933. The fourth-order valence-corrected chi connectivity index (χ4v) is 3.47. The van der Waals surface area contributed by atoms with Gasteiger partial charge in [0.25, 0.3) is 5.91 Å². The summed E-state index contributed by atoms with van der Waals surface area (Å²) in [5.41, 5.74) is 1.48. The van der Waals surface area contributed by atoms with Crippen molar-refractivity contribution in [2.75, 3.05) is 32.7 Å². The van der Waals surface area contributed by atoms with E-state index in [1.165, 1.54) is 0 Å². The molecule has 0 bridgehead atoms. The molecule has 1 saturated heterocycles. The molecule has 1 aliphatic heterocycles. The summed E-state index contributed by atoms with van der Waals surface area (Å²) in [7, 11) is 2.02. The molecular formula is C18H23N7O. The van der Waals surface area contributed by atoms with Gasteiger partial charge in [-0.05, 0) is 12.1 Å². The van der Waals surface area contributed by atoms with Crippen molar-refractivity contribution in [2.45, 2.75) is 6.04 Å². The topological polar surface area (TPSA) is 90.9 Å². The average Bonchev–Trinajstić information content (AvgIpc) is 3.28. The van der Waals surface area contributed by atoms with Gasteiger partial charge in [0.1, 0.15) is 11.5 Å². The summed E-state index contributed by atoms with van der Waals surface area (Å²) in [4.78, 5) is 26.5. The van der Waals surface area contributed by atoms with E-state index in [2.05, 4.69) is 35.1 Å². The third kappa shape index (κ3) is 3.33. The average molecular weight is 353 g/mol. The molecule has 1 unspecified atom stereocenters. The molecule has 1 fully saturated rings. The van der Waals surface area contributed by atoms with E-state index >= 15 is 0 Å². The van der Waals surface area contributed by atoms with Crippen LogP contribution in [0.15, 0.2) is 36.9 Å². The summed E-state index contributed by atoms with van der Waals surface area (Å²) in [5, 5.41) is 7.37. The summed E-state index contributed by atoms with van der Waals surface area (Å²) in [6.45, 7) is 4.13. The van der Waals surface area contributed by atoms with Gasteiger partial charge in [-0.25, -0.2) is 4.98 Å². The first-order valence-electron chi connectivity index (χ1n) is 8.85. The number of hydrogen-bond acceptors (Lipinski definition) is 5. The normalized spacial score (nSPS) is 18.3. The first kappa shape index (κ1) is 16.7. The van der Waals surface area contributed by atoms with Crippen LogP contribution in [-0.2, 0) is 7.05 Å². The van der Waals surface area contributed by atoms with E-state index < -0.39 is 0 Å². The molecule has 0 aliphatic carbocycles. The lowest BCUT2D eigenvalue weighted by atomic mass is 10.1. The highest BCUT2D eigenvalue weighted by Crippen LogP contribution is 2.19. The highest BCUT2D eigenvalue weighted by atomic mass is 16.1. The van der Waals surface area contributed by atoms with E-state index in [1.54, 1.807) is 12.4 Å². The second-order valence-electron chi connectivity index (χ2n) is 6.55. The van der Waals surface area contributed by atoms with E-state index in [0.29, 0.717) is 12.2 Å². The van der Waals surface area contributed by atoms with Gasteiger partial charge in [-0.2, -0.15) is 0 Å². The van der Waals surface area contributed by atoms with Gasteiger partial charge in [-0.1, -0.05) is 0 Å². The summed E-state index contributed by atoms with van der Waals surface area (Å²) in [6.07, 6.45) is 7.26. The number of amides is 1. The second kappa shape index (κ2) is 7.27. The van der Waals surface area contributed by atoms with Crippen molar-refractivity contribution < 1.29 is 4.79 Å². The Kier molecular flexibility index (Phi) is 4.68. The first-order valence-corrected chi connectivity index (χ1v) is 8.85. The fraction of sp³-hybridized carbons (Fsp3) is 0.389. The molecule has 1 amide bonds. The van der Waals surface area contributed by atoms with Crippen LogP contribution >= 0.6 is 0 Å². The number of nitrogens with zero attached hydrogens (tertiary/aromatic N) is 4. The van der Waals surface area contributed by atoms with Crippen LogP contribution in [0.2, 0.25) is 0 Å². The van der Waals surface area contributed by atoms with Crippen molar-refractivity contribution in [3.8, 4) is 0 Å². The lowest BCUT2D eigenvalue weighted by Crippen LogP contribution is -2.49. The smallest absolute Gasteiger partial charge is 0.267 e. The lowest BCUT2D eigenvalue weighted by Gasteiger charge is -2.35. The Labute approximate surface area is 151 Å². The number of imidazole rings is 1. The Hall–Kier alpha value is -2.71. The first-order chi connectivity index (χ1) is 12.7. The van der Waals surface area contributed by atoms with E-state index in [1.807, 2.05) is 31.6 Å². The molecular weight excluding hydrogens is 330 g/mol. The van der Waals surface area contributed by atoms with Gasteiger partial charge in [0.2, 0.25) is 0 Å². The number of fused-ring (bicyclic) bond motifs is 1. The minimum atomic E-state index is -0.0927. The minimum absolute atomic E-state index is 0.0927. The fourth-order valence-electron chi connectivity index (χ4n) is 3.47. The van der Waals surface area contributed by atoms with Crippen molar-refractivity contribution in [2.24, 2.45) is 7.05 Å². The molecule has 4 heterocycles. The maximum Gasteiger partial charge on any atom is 0.267 e. The molecule has 136 valence electrons. The van der Waals surface area contributed by atoms with Gasteiger partial charge in [-0.3, -0.25) is 14.7 Å². The van der Waals surface area contributed by atoms with E-state index in [-0.39, 0.29) is 11.9 Å². The molecule has 3 N–H and O–H groups in total. The second-order valence-corrected chi connectivity index (χ2v) is 6.55. The van der Waals surface area contributed by atoms with Gasteiger partial charge in [0.05, 0.1) is 6.04 Å². The monoisotopic (exact) mass is 353 g/mol. The molecule has 4 rings (SSSR count). The Morgan fingerprint density at radius 2 is 2.35 bits per heavy atom. The standard InChI is InChI=1S/C18H23N7O/c1-24-7-5-21-17(24)16-12-20-4-8-25(16)9-6-22-18(26)15-10-13-11-19-3-2-14(13)23-15/h2-3,5,7,10-11,16,20,23H,4,6,8-9,12H2,1H3,(H,22,26). The maximum atomic E-state index is 12.4. The van der Waals surface area contributed by atoms with E-state index in [0.717, 1.165) is 42.9 Å². The highest BCUT2D eigenvalue weighted by molar-refractivity contribution is 5.97. The van der Waals surface area contributed by atoms with Crippen LogP contribution < -0.4 is 10.6 Å². The van der Waals surface area contributed by atoms with Crippen LogP contribution in [0.25, 0.3) is 10.9 Å². The summed E-state index contributed by atoms with van der Waals surface area (Å²) in [6, 6.07) is 3.92. The predicted octanol–water partition coefficient (Wildman–Crippen LogP) is 0.673. The number of aromatic nitrogens is 4. The van der Waals surface area contributed by atoms with Crippen molar-refractivity contribution >= 4 is 16.8 Å². The number of pyridine rings is 1. The van der Waals surface area contributed by atoms with Crippen LogP contribution in [0.3, 0.4) is 0 Å². The van der Waals surface area contributed by atoms with Crippen molar-refractivity contribution in [3.63, 3.8) is 0 Å². The van der Waals surface area contributed by atoms with Crippen LogP contribution in [0.4, 0.5) is 0 Å². The molecule has 0 spiro atoms. The van der Waals surface area contributed by atoms with Crippen LogP contribution in [0.1, 0.15) is 22.4 Å². The Bertz CT molecular complexity index is 867. The Morgan fingerprint density at radius 3 is 3.15 bits per heavy atom. The Morgan fingerprint density at radius 1 is 1.42 bits per heavy atom.